The highest BCUT2D eigenvalue weighted by Crippen LogP contribution is 2.23. The summed E-state index contributed by atoms with van der Waals surface area (Å²) in [5.74, 6) is 0.950. The molecular weight excluding hydrogens is 172 g/mol. The van der Waals surface area contributed by atoms with E-state index in [-0.39, 0.29) is 0 Å². The topological polar surface area (TPSA) is 6.48 Å². The third-order valence-corrected chi connectivity index (χ3v) is 3.89. The van der Waals surface area contributed by atoms with Crippen molar-refractivity contribution in [2.24, 2.45) is 5.92 Å². The average molecular weight is 196 g/mol. The first-order chi connectivity index (χ1) is 6.77. The van der Waals surface area contributed by atoms with Crippen molar-refractivity contribution >= 4 is 0 Å². The fourth-order valence-corrected chi connectivity index (χ4v) is 2.75. The van der Waals surface area contributed by atoms with Crippen LogP contribution in [0.25, 0.3) is 0 Å². The molecule has 2 saturated heterocycles. The quantitative estimate of drug-likeness (QED) is 0.636. The highest BCUT2D eigenvalue weighted by Gasteiger charge is 2.26. The minimum Gasteiger partial charge on any atom is -0.242 e. The lowest BCUT2D eigenvalue weighted by molar-refractivity contribution is -0.0892. The van der Waals surface area contributed by atoms with Gasteiger partial charge in [0.25, 0.3) is 0 Å². The maximum Gasteiger partial charge on any atom is 0.0217 e. The first kappa shape index (κ1) is 10.4. The zero-order chi connectivity index (χ0) is 9.97. The Bertz CT molecular complexity index is 173. The van der Waals surface area contributed by atoms with Crippen LogP contribution in [0.15, 0.2) is 0 Å². The molecule has 0 radical (unpaired) electrons. The highest BCUT2D eigenvalue weighted by atomic mass is 15.6. The molecule has 0 aromatic rings. The number of hydrazine groups is 1. The van der Waals surface area contributed by atoms with Crippen molar-refractivity contribution in [3.8, 4) is 0 Å². The molecule has 0 N–H and O–H groups in total. The molecule has 0 aliphatic carbocycles. The lowest BCUT2D eigenvalue weighted by Crippen LogP contribution is -2.52. The second-order valence-corrected chi connectivity index (χ2v) is 5.14. The van der Waals surface area contributed by atoms with E-state index in [1.807, 2.05) is 0 Å². The number of piperidine rings is 2. The molecule has 2 aliphatic heterocycles. The molecular formula is C12H24N2. The van der Waals surface area contributed by atoms with Gasteiger partial charge in [0.15, 0.2) is 0 Å². The van der Waals surface area contributed by atoms with Crippen molar-refractivity contribution in [3.05, 3.63) is 0 Å². The zero-order valence-corrected chi connectivity index (χ0v) is 9.71. The zero-order valence-electron chi connectivity index (χ0n) is 9.71. The van der Waals surface area contributed by atoms with Gasteiger partial charge in [0.1, 0.15) is 0 Å². The Kier molecular flexibility index (Phi) is 3.45. The van der Waals surface area contributed by atoms with Gasteiger partial charge in [0.2, 0.25) is 0 Å². The maximum absolute atomic E-state index is 2.63. The van der Waals surface area contributed by atoms with E-state index >= 15 is 0 Å². The number of hydrogen-bond acceptors (Lipinski definition) is 2. The van der Waals surface area contributed by atoms with E-state index < -0.39 is 0 Å². The molecule has 0 aromatic carbocycles. The summed E-state index contributed by atoms with van der Waals surface area (Å²) in [5, 5.41) is 5.25. The first-order valence-electron chi connectivity index (χ1n) is 6.29. The van der Waals surface area contributed by atoms with Crippen molar-refractivity contribution in [2.45, 2.75) is 52.0 Å². The van der Waals surface area contributed by atoms with Crippen LogP contribution in [0, 0.1) is 5.92 Å². The molecule has 14 heavy (non-hydrogen) atoms. The Hall–Kier alpha value is -0.0800. The second-order valence-electron chi connectivity index (χ2n) is 5.14. The Morgan fingerprint density at radius 2 is 1.57 bits per heavy atom. The van der Waals surface area contributed by atoms with Crippen LogP contribution in [0.4, 0.5) is 0 Å². The van der Waals surface area contributed by atoms with Gasteiger partial charge in [-0.3, -0.25) is 0 Å². The minimum absolute atomic E-state index is 0.789. The maximum atomic E-state index is 2.63. The Morgan fingerprint density at radius 3 is 2.21 bits per heavy atom. The van der Waals surface area contributed by atoms with Crippen molar-refractivity contribution in [1.29, 1.82) is 0 Å². The summed E-state index contributed by atoms with van der Waals surface area (Å²) in [5.41, 5.74) is 0. The smallest absolute Gasteiger partial charge is 0.0217 e. The molecule has 2 heteroatoms. The third kappa shape index (κ3) is 2.29. The van der Waals surface area contributed by atoms with Crippen LogP contribution in [-0.4, -0.2) is 35.7 Å². The molecule has 0 spiro atoms. The van der Waals surface area contributed by atoms with Crippen LogP contribution in [0.2, 0.25) is 0 Å². The highest BCUT2D eigenvalue weighted by molar-refractivity contribution is 4.75. The minimum atomic E-state index is 0.789. The standard InChI is InChI=1S/C12H24N2/c1-11-6-9-13(10-7-11)14-8-4-3-5-12(14)2/h11-12H,3-10H2,1-2H3. The number of rotatable bonds is 1. The van der Waals surface area contributed by atoms with Crippen LogP contribution in [0.5, 0.6) is 0 Å². The van der Waals surface area contributed by atoms with Crippen LogP contribution >= 0.6 is 0 Å². The Labute approximate surface area is 88.2 Å². The monoisotopic (exact) mass is 196 g/mol. The van der Waals surface area contributed by atoms with Crippen molar-refractivity contribution in [3.63, 3.8) is 0 Å². The predicted molar refractivity (Wildman–Crippen MR) is 60.0 cm³/mol. The third-order valence-electron chi connectivity index (χ3n) is 3.89. The average Bonchev–Trinajstić information content (AvgIpc) is 2.20. The summed E-state index contributed by atoms with van der Waals surface area (Å²) >= 11 is 0. The van der Waals surface area contributed by atoms with Gasteiger partial charge in [-0.2, -0.15) is 0 Å². The predicted octanol–water partition coefficient (Wildman–Crippen LogP) is 2.51. The van der Waals surface area contributed by atoms with E-state index in [1.54, 1.807) is 0 Å². The van der Waals surface area contributed by atoms with Crippen LogP contribution in [0.3, 0.4) is 0 Å². The number of hydrogen-bond donors (Lipinski definition) is 0. The van der Waals surface area contributed by atoms with Crippen LogP contribution in [-0.2, 0) is 0 Å². The molecule has 1 atom stereocenters. The first-order valence-corrected chi connectivity index (χ1v) is 6.29. The summed E-state index contributed by atoms with van der Waals surface area (Å²) in [4.78, 5) is 0. The van der Waals surface area contributed by atoms with E-state index in [0.29, 0.717) is 0 Å². The SMILES string of the molecule is CC1CCN(N2CCCCC2C)CC1. The molecule has 2 aliphatic rings. The number of nitrogens with zero attached hydrogens (tertiary/aromatic N) is 2. The molecule has 0 saturated carbocycles. The van der Waals surface area contributed by atoms with Gasteiger partial charge in [0.05, 0.1) is 0 Å². The molecule has 2 nitrogen and oxygen atoms in total. The van der Waals surface area contributed by atoms with E-state index in [2.05, 4.69) is 23.9 Å². The lowest BCUT2D eigenvalue weighted by atomic mass is 9.99. The second kappa shape index (κ2) is 4.63. The Balaban J connectivity index is 1.87. The molecule has 0 bridgehead atoms. The summed E-state index contributed by atoms with van der Waals surface area (Å²) in [6.07, 6.45) is 7.01. The summed E-state index contributed by atoms with van der Waals surface area (Å²) < 4.78 is 0. The van der Waals surface area contributed by atoms with Gasteiger partial charge in [-0.15, -0.1) is 0 Å². The Morgan fingerprint density at radius 1 is 0.857 bits per heavy atom. The summed E-state index contributed by atoms with van der Waals surface area (Å²) in [6.45, 7) is 8.67. The van der Waals surface area contributed by atoms with Gasteiger partial charge in [0, 0.05) is 25.7 Å². The normalized spacial score (nSPS) is 33.4. The van der Waals surface area contributed by atoms with Crippen LogP contribution < -0.4 is 0 Å². The van der Waals surface area contributed by atoms with Crippen LogP contribution in [0.1, 0.15) is 46.0 Å². The molecule has 2 rings (SSSR count). The summed E-state index contributed by atoms with van der Waals surface area (Å²) in [6, 6.07) is 0.789. The van der Waals surface area contributed by atoms with E-state index in [4.69, 9.17) is 0 Å². The van der Waals surface area contributed by atoms with Gasteiger partial charge >= 0.3 is 0 Å². The van der Waals surface area contributed by atoms with Crippen molar-refractivity contribution in [1.82, 2.24) is 10.0 Å². The molecule has 0 aromatic heterocycles. The molecule has 82 valence electrons. The van der Waals surface area contributed by atoms with E-state index in [1.165, 1.54) is 51.7 Å². The fraction of sp³-hybridized carbons (Fsp3) is 1.00. The van der Waals surface area contributed by atoms with Crippen molar-refractivity contribution in [2.75, 3.05) is 19.6 Å². The van der Waals surface area contributed by atoms with Crippen molar-refractivity contribution < 1.29 is 0 Å². The van der Waals surface area contributed by atoms with E-state index in [9.17, 15) is 0 Å². The largest absolute Gasteiger partial charge is 0.242 e. The van der Waals surface area contributed by atoms with Gasteiger partial charge < -0.3 is 0 Å². The molecule has 0 amide bonds. The fourth-order valence-electron chi connectivity index (χ4n) is 2.75. The molecule has 2 fully saturated rings. The molecule has 1 unspecified atom stereocenters. The lowest BCUT2D eigenvalue weighted by Gasteiger charge is -2.44. The van der Waals surface area contributed by atoms with E-state index in [0.717, 1.165) is 12.0 Å². The summed E-state index contributed by atoms with van der Waals surface area (Å²) in [7, 11) is 0. The molecule has 2 heterocycles. The van der Waals surface area contributed by atoms with Gasteiger partial charge in [-0.25, -0.2) is 10.0 Å². The van der Waals surface area contributed by atoms with Gasteiger partial charge in [-0.05, 0) is 38.5 Å². The van der Waals surface area contributed by atoms with Gasteiger partial charge in [-0.1, -0.05) is 13.3 Å².